The maximum atomic E-state index is 12.4. The van der Waals surface area contributed by atoms with E-state index in [1.807, 2.05) is 0 Å². The van der Waals surface area contributed by atoms with E-state index in [0.29, 0.717) is 5.75 Å². The van der Waals surface area contributed by atoms with Gasteiger partial charge in [-0.25, -0.2) is 13.1 Å². The van der Waals surface area contributed by atoms with E-state index in [1.54, 1.807) is 0 Å². The molecule has 1 fully saturated rings. The van der Waals surface area contributed by atoms with Gasteiger partial charge >= 0.3 is 0 Å². The molecule has 0 heterocycles. The summed E-state index contributed by atoms with van der Waals surface area (Å²) in [5.74, 6) is -0.0559. The molecule has 11 heteroatoms. The van der Waals surface area contributed by atoms with Gasteiger partial charge in [-0.2, -0.15) is 0 Å². The van der Waals surface area contributed by atoms with Crippen molar-refractivity contribution in [1.82, 2.24) is 4.72 Å². The quantitative estimate of drug-likeness (QED) is 0.556. The molecular weight excluding hydrogens is 463 g/mol. The minimum absolute atomic E-state index is 0.0222. The van der Waals surface area contributed by atoms with Crippen LogP contribution in [0.25, 0.3) is 0 Å². The minimum Gasteiger partial charge on any atom is -0.495 e. The van der Waals surface area contributed by atoms with Crippen LogP contribution in [0.15, 0.2) is 35.2 Å². The maximum Gasteiger partial charge on any atom is 0.262 e. The molecule has 1 amide bonds. The molecule has 0 spiro atoms. The van der Waals surface area contributed by atoms with Crippen molar-refractivity contribution in [1.29, 1.82) is 0 Å². The molecule has 3 rings (SSSR count). The molecule has 0 unspecified atom stereocenters. The summed E-state index contributed by atoms with van der Waals surface area (Å²) in [7, 11) is -2.27. The second-order valence-electron chi connectivity index (χ2n) is 6.29. The third kappa shape index (κ3) is 5.67. The molecule has 1 aliphatic rings. The van der Waals surface area contributed by atoms with Gasteiger partial charge in [-0.05, 0) is 37.1 Å². The van der Waals surface area contributed by atoms with Crippen molar-refractivity contribution < 1.29 is 22.7 Å². The van der Waals surface area contributed by atoms with Gasteiger partial charge in [-0.1, -0.05) is 34.8 Å². The lowest BCUT2D eigenvalue weighted by Crippen LogP contribution is -2.26. The molecule has 29 heavy (non-hydrogen) atoms. The van der Waals surface area contributed by atoms with Crippen molar-refractivity contribution in [2.45, 2.75) is 23.8 Å². The van der Waals surface area contributed by atoms with Crippen LogP contribution in [0.3, 0.4) is 0 Å². The molecule has 0 aromatic heterocycles. The summed E-state index contributed by atoms with van der Waals surface area (Å²) in [4.78, 5) is 12.3. The Morgan fingerprint density at radius 3 is 2.41 bits per heavy atom. The van der Waals surface area contributed by atoms with Crippen LogP contribution in [0.1, 0.15) is 12.8 Å². The zero-order chi connectivity index (χ0) is 21.2. The molecular formula is C18H17Cl3N2O5S. The topological polar surface area (TPSA) is 93.7 Å². The number of anilines is 1. The highest BCUT2D eigenvalue weighted by molar-refractivity contribution is 7.89. The van der Waals surface area contributed by atoms with E-state index in [4.69, 9.17) is 44.3 Å². The molecule has 7 nitrogen and oxygen atoms in total. The third-order valence-electron chi connectivity index (χ3n) is 3.99. The molecule has 0 bridgehead atoms. The number of carbonyl (C=O) groups is 1. The maximum absolute atomic E-state index is 12.4. The number of benzene rings is 2. The highest BCUT2D eigenvalue weighted by atomic mass is 35.5. The zero-order valence-electron chi connectivity index (χ0n) is 15.2. The van der Waals surface area contributed by atoms with Gasteiger partial charge in [0.1, 0.15) is 11.5 Å². The fourth-order valence-electron chi connectivity index (χ4n) is 2.39. The van der Waals surface area contributed by atoms with Crippen LogP contribution < -0.4 is 19.5 Å². The summed E-state index contributed by atoms with van der Waals surface area (Å²) in [6, 6.07) is 6.97. The number of rotatable bonds is 8. The van der Waals surface area contributed by atoms with E-state index in [1.165, 1.54) is 37.4 Å². The van der Waals surface area contributed by atoms with Crippen LogP contribution in [0.5, 0.6) is 11.5 Å². The van der Waals surface area contributed by atoms with Crippen molar-refractivity contribution in [3.05, 3.63) is 45.4 Å². The standard InChI is InChI=1S/C18H17Cl3N2O5S/c1-27-16-5-4-11(29(25,26)23-10-2-3-10)6-15(16)22-18(24)9-28-17-8-13(20)12(19)7-14(17)21/h4-8,10,23H,2-3,9H2,1H3,(H,22,24). The van der Waals surface area contributed by atoms with Gasteiger partial charge in [0.25, 0.3) is 5.91 Å². The number of ether oxygens (including phenoxy) is 2. The summed E-state index contributed by atoms with van der Waals surface area (Å²) in [6.45, 7) is -0.391. The number of sulfonamides is 1. The average molecular weight is 480 g/mol. The Kier molecular flexibility index (Phi) is 6.80. The first-order valence-electron chi connectivity index (χ1n) is 8.47. The number of methoxy groups -OCH3 is 1. The fraction of sp³-hybridized carbons (Fsp3) is 0.278. The lowest BCUT2D eigenvalue weighted by molar-refractivity contribution is -0.118. The normalized spacial score (nSPS) is 13.8. The smallest absolute Gasteiger partial charge is 0.262 e. The summed E-state index contributed by atoms with van der Waals surface area (Å²) in [5.41, 5.74) is 0.194. The SMILES string of the molecule is COc1ccc(S(=O)(=O)NC2CC2)cc1NC(=O)COc1cc(Cl)c(Cl)cc1Cl. The number of halogens is 3. The highest BCUT2D eigenvalue weighted by Crippen LogP contribution is 2.34. The van der Waals surface area contributed by atoms with Gasteiger partial charge in [-0.3, -0.25) is 4.79 Å². The zero-order valence-corrected chi connectivity index (χ0v) is 18.3. The van der Waals surface area contributed by atoms with Crippen LogP contribution in [0.4, 0.5) is 5.69 Å². The predicted octanol–water partition coefficient (Wildman–Crippen LogP) is 4.11. The Bertz CT molecular complexity index is 1040. The number of carbonyl (C=O) groups excluding carboxylic acids is 1. The van der Waals surface area contributed by atoms with Crippen molar-refractivity contribution in [2.75, 3.05) is 19.0 Å². The molecule has 1 aliphatic carbocycles. The number of hydrogen-bond acceptors (Lipinski definition) is 5. The third-order valence-corrected chi connectivity index (χ3v) is 6.52. The summed E-state index contributed by atoms with van der Waals surface area (Å²) in [5, 5.41) is 3.26. The largest absolute Gasteiger partial charge is 0.495 e. The van der Waals surface area contributed by atoms with Gasteiger partial charge in [0, 0.05) is 12.1 Å². The number of nitrogens with one attached hydrogen (secondary N) is 2. The highest BCUT2D eigenvalue weighted by Gasteiger charge is 2.28. The first-order chi connectivity index (χ1) is 13.7. The second-order valence-corrected chi connectivity index (χ2v) is 9.23. The molecule has 2 aromatic carbocycles. The van der Waals surface area contributed by atoms with Gasteiger partial charge in [0.05, 0.1) is 32.8 Å². The van der Waals surface area contributed by atoms with Crippen LogP contribution in [0, 0.1) is 0 Å². The first-order valence-corrected chi connectivity index (χ1v) is 11.1. The molecule has 2 N–H and O–H groups in total. The number of hydrogen-bond donors (Lipinski definition) is 2. The molecule has 156 valence electrons. The average Bonchev–Trinajstić information content (AvgIpc) is 3.47. The van der Waals surface area contributed by atoms with Gasteiger partial charge in [0.15, 0.2) is 6.61 Å². The molecule has 0 saturated heterocycles. The van der Waals surface area contributed by atoms with E-state index in [0.717, 1.165) is 12.8 Å². The minimum atomic E-state index is -3.68. The number of amides is 1. The lowest BCUT2D eigenvalue weighted by atomic mass is 10.3. The molecule has 0 radical (unpaired) electrons. The van der Waals surface area contributed by atoms with E-state index in [-0.39, 0.29) is 37.4 Å². The van der Waals surface area contributed by atoms with Crippen molar-refractivity contribution >= 4 is 56.4 Å². The molecule has 0 atom stereocenters. The monoisotopic (exact) mass is 478 g/mol. The molecule has 1 saturated carbocycles. The molecule has 2 aromatic rings. The Balaban J connectivity index is 1.72. The Morgan fingerprint density at radius 2 is 1.76 bits per heavy atom. The summed E-state index contributed by atoms with van der Waals surface area (Å²) < 4.78 is 38.0. The first kappa shape index (κ1) is 22.0. The van der Waals surface area contributed by atoms with Crippen LogP contribution in [0.2, 0.25) is 15.1 Å². The van der Waals surface area contributed by atoms with Crippen LogP contribution in [-0.4, -0.2) is 34.1 Å². The van der Waals surface area contributed by atoms with E-state index in [2.05, 4.69) is 10.0 Å². The predicted molar refractivity (Wildman–Crippen MR) is 112 cm³/mol. The summed E-state index contributed by atoms with van der Waals surface area (Å²) >= 11 is 17.8. The fourth-order valence-corrected chi connectivity index (χ4v) is 4.31. The van der Waals surface area contributed by atoms with Crippen LogP contribution >= 0.6 is 34.8 Å². The van der Waals surface area contributed by atoms with Gasteiger partial charge in [0.2, 0.25) is 10.0 Å². The van der Waals surface area contributed by atoms with Crippen molar-refractivity contribution in [3.8, 4) is 11.5 Å². The van der Waals surface area contributed by atoms with E-state index < -0.39 is 22.5 Å². The van der Waals surface area contributed by atoms with Crippen molar-refractivity contribution in [2.24, 2.45) is 0 Å². The van der Waals surface area contributed by atoms with E-state index in [9.17, 15) is 13.2 Å². The van der Waals surface area contributed by atoms with Crippen molar-refractivity contribution in [3.63, 3.8) is 0 Å². The summed E-state index contributed by atoms with van der Waals surface area (Å²) in [6.07, 6.45) is 1.63. The Labute approximate surface area is 183 Å². The second kappa shape index (κ2) is 8.97. The van der Waals surface area contributed by atoms with Gasteiger partial charge < -0.3 is 14.8 Å². The Hall–Kier alpha value is -1.71. The molecule has 0 aliphatic heterocycles. The Morgan fingerprint density at radius 1 is 1.07 bits per heavy atom. The van der Waals surface area contributed by atoms with Crippen LogP contribution in [-0.2, 0) is 14.8 Å². The lowest BCUT2D eigenvalue weighted by Gasteiger charge is -2.14. The van der Waals surface area contributed by atoms with Gasteiger partial charge in [-0.15, -0.1) is 0 Å². The van der Waals surface area contributed by atoms with E-state index >= 15 is 0 Å².